The van der Waals surface area contributed by atoms with Crippen molar-refractivity contribution in [3.63, 3.8) is 0 Å². The van der Waals surface area contributed by atoms with E-state index in [9.17, 15) is 14.9 Å². The number of allylic oxidation sites excluding steroid dienone is 1. The van der Waals surface area contributed by atoms with Crippen LogP contribution in [-0.2, 0) is 19.1 Å². The van der Waals surface area contributed by atoms with Gasteiger partial charge in [0.2, 0.25) is 0 Å². The van der Waals surface area contributed by atoms with E-state index in [2.05, 4.69) is 6.58 Å². The number of ether oxygens (including phenoxy) is 2. The molecule has 0 aliphatic heterocycles. The number of nitriles is 1. The largest absolute Gasteiger partial charge is 0.465 e. The number of rotatable bonds is 7. The Morgan fingerprint density at radius 3 is 2.06 bits per heavy atom. The summed E-state index contributed by atoms with van der Waals surface area (Å²) >= 11 is 0. The molecule has 0 radical (unpaired) electrons. The zero-order valence-corrected chi connectivity index (χ0v) is 11.1. The van der Waals surface area contributed by atoms with Gasteiger partial charge in [0.15, 0.2) is 5.92 Å². The lowest BCUT2D eigenvalue weighted by atomic mass is 9.75. The minimum atomic E-state index is -1.25. The van der Waals surface area contributed by atoms with E-state index in [0.717, 1.165) is 0 Å². The molecule has 5 heteroatoms. The molecular formula is C13H19NO4. The molecule has 0 amide bonds. The topological polar surface area (TPSA) is 76.4 Å². The molecule has 18 heavy (non-hydrogen) atoms. The molecule has 0 saturated heterocycles. The lowest BCUT2D eigenvalue weighted by Gasteiger charge is -2.27. The Labute approximate surface area is 107 Å². The molecule has 0 bridgehead atoms. The summed E-state index contributed by atoms with van der Waals surface area (Å²) in [6, 6.07) is 1.99. The van der Waals surface area contributed by atoms with E-state index in [1.165, 1.54) is 13.0 Å². The van der Waals surface area contributed by atoms with Gasteiger partial charge in [0, 0.05) is 0 Å². The molecule has 0 spiro atoms. The lowest BCUT2D eigenvalue weighted by molar-refractivity contribution is -0.166. The first-order valence-electron chi connectivity index (χ1n) is 5.82. The number of esters is 2. The number of carbonyl (C=O) groups is 2. The van der Waals surface area contributed by atoms with E-state index in [-0.39, 0.29) is 19.6 Å². The lowest BCUT2D eigenvalue weighted by Crippen LogP contribution is -2.40. The average molecular weight is 253 g/mol. The molecule has 0 rings (SSSR count). The van der Waals surface area contributed by atoms with Gasteiger partial charge in [-0.15, -0.1) is 6.58 Å². The predicted molar refractivity (Wildman–Crippen MR) is 65.3 cm³/mol. The molecule has 5 nitrogen and oxygen atoms in total. The van der Waals surface area contributed by atoms with Gasteiger partial charge in [-0.25, -0.2) is 0 Å². The van der Waals surface area contributed by atoms with Crippen LogP contribution in [0.25, 0.3) is 0 Å². The number of carbonyl (C=O) groups excluding carboxylic acids is 2. The van der Waals surface area contributed by atoms with E-state index >= 15 is 0 Å². The van der Waals surface area contributed by atoms with E-state index in [1.807, 2.05) is 6.07 Å². The van der Waals surface area contributed by atoms with Gasteiger partial charge in [0.05, 0.1) is 24.7 Å². The van der Waals surface area contributed by atoms with E-state index in [0.29, 0.717) is 0 Å². The van der Waals surface area contributed by atoms with Crippen molar-refractivity contribution in [3.05, 3.63) is 12.7 Å². The number of hydrogen-bond donors (Lipinski definition) is 0. The van der Waals surface area contributed by atoms with Gasteiger partial charge < -0.3 is 9.47 Å². The number of hydrogen-bond acceptors (Lipinski definition) is 5. The van der Waals surface area contributed by atoms with Crippen molar-refractivity contribution < 1.29 is 19.1 Å². The van der Waals surface area contributed by atoms with Crippen LogP contribution in [0.3, 0.4) is 0 Å². The van der Waals surface area contributed by atoms with Crippen LogP contribution in [0.1, 0.15) is 27.2 Å². The second kappa shape index (κ2) is 7.49. The third-order valence-electron chi connectivity index (χ3n) is 2.51. The Hall–Kier alpha value is -1.83. The average Bonchev–Trinajstić information content (AvgIpc) is 2.30. The van der Waals surface area contributed by atoms with Crippen LogP contribution in [0.4, 0.5) is 0 Å². The van der Waals surface area contributed by atoms with Gasteiger partial charge >= 0.3 is 11.9 Å². The van der Waals surface area contributed by atoms with Crippen molar-refractivity contribution >= 4 is 11.9 Å². The maximum atomic E-state index is 11.8. The van der Waals surface area contributed by atoms with Crippen LogP contribution in [-0.4, -0.2) is 25.2 Å². The highest BCUT2D eigenvalue weighted by Gasteiger charge is 2.46. The molecule has 0 saturated carbocycles. The predicted octanol–water partition coefficient (Wildman–Crippen LogP) is 1.83. The first-order chi connectivity index (χ1) is 8.46. The molecule has 0 fully saturated rings. The fourth-order valence-corrected chi connectivity index (χ4v) is 1.60. The summed E-state index contributed by atoms with van der Waals surface area (Å²) < 4.78 is 9.68. The van der Waals surface area contributed by atoms with E-state index < -0.39 is 23.3 Å². The van der Waals surface area contributed by atoms with Gasteiger partial charge in [-0.05, 0) is 27.2 Å². The first-order valence-corrected chi connectivity index (χ1v) is 5.82. The second-order valence-corrected chi connectivity index (χ2v) is 3.96. The number of nitrogens with zero attached hydrogens (tertiary/aromatic N) is 1. The third kappa shape index (κ3) is 3.88. The molecular weight excluding hydrogens is 234 g/mol. The van der Waals surface area contributed by atoms with Gasteiger partial charge in [-0.2, -0.15) is 5.26 Å². The quantitative estimate of drug-likeness (QED) is 0.393. The maximum absolute atomic E-state index is 11.8. The Morgan fingerprint density at radius 2 is 1.78 bits per heavy atom. The highest BCUT2D eigenvalue weighted by molar-refractivity contribution is 5.96. The van der Waals surface area contributed by atoms with Crippen LogP contribution >= 0.6 is 0 Å². The zero-order valence-electron chi connectivity index (χ0n) is 11.1. The van der Waals surface area contributed by atoms with Crippen molar-refractivity contribution in [2.75, 3.05) is 13.2 Å². The van der Waals surface area contributed by atoms with E-state index in [1.54, 1.807) is 13.8 Å². The molecule has 1 atom stereocenters. The van der Waals surface area contributed by atoms with Crippen LogP contribution < -0.4 is 0 Å². The smallest absolute Gasteiger partial charge is 0.321 e. The monoisotopic (exact) mass is 253 g/mol. The SMILES string of the molecule is C=CCC(C)(C#N)C(C(=O)OCC)C(=O)OCC. The summed E-state index contributed by atoms with van der Waals surface area (Å²) in [5.74, 6) is -2.72. The van der Waals surface area contributed by atoms with Crippen molar-refractivity contribution in [2.24, 2.45) is 11.3 Å². The van der Waals surface area contributed by atoms with Gasteiger partial charge in [0.1, 0.15) is 0 Å². The second-order valence-electron chi connectivity index (χ2n) is 3.96. The van der Waals surface area contributed by atoms with Crippen molar-refractivity contribution in [1.82, 2.24) is 0 Å². The Balaban J connectivity index is 5.31. The Kier molecular flexibility index (Phi) is 6.73. The van der Waals surface area contributed by atoms with Crippen LogP contribution in [0, 0.1) is 22.7 Å². The molecule has 0 aliphatic rings. The summed E-state index contributed by atoms with van der Waals surface area (Å²) in [7, 11) is 0. The maximum Gasteiger partial charge on any atom is 0.321 e. The molecule has 0 aromatic heterocycles. The van der Waals surface area contributed by atoms with Gasteiger partial charge in [-0.3, -0.25) is 9.59 Å². The minimum absolute atomic E-state index is 0.143. The molecule has 0 aromatic rings. The Morgan fingerprint density at radius 1 is 1.33 bits per heavy atom. The van der Waals surface area contributed by atoms with Crippen LogP contribution in [0.15, 0.2) is 12.7 Å². The fourth-order valence-electron chi connectivity index (χ4n) is 1.60. The van der Waals surface area contributed by atoms with E-state index in [4.69, 9.17) is 9.47 Å². The summed E-state index contributed by atoms with van der Waals surface area (Å²) in [6.45, 7) is 8.61. The third-order valence-corrected chi connectivity index (χ3v) is 2.51. The molecule has 0 aliphatic carbocycles. The zero-order chi connectivity index (χ0) is 14.2. The van der Waals surface area contributed by atoms with Crippen molar-refractivity contribution in [1.29, 1.82) is 5.26 Å². The summed E-state index contributed by atoms with van der Waals surface area (Å²) in [6.07, 6.45) is 1.69. The van der Waals surface area contributed by atoms with Crippen molar-refractivity contribution in [3.8, 4) is 6.07 Å². The van der Waals surface area contributed by atoms with Crippen molar-refractivity contribution in [2.45, 2.75) is 27.2 Å². The van der Waals surface area contributed by atoms with Crippen LogP contribution in [0.5, 0.6) is 0 Å². The molecule has 0 heterocycles. The standard InChI is InChI=1S/C13H19NO4/c1-5-8-13(4,9-14)10(11(15)17-6-2)12(16)18-7-3/h5,10H,1,6-8H2,2-4H3. The van der Waals surface area contributed by atoms with Gasteiger partial charge in [0.25, 0.3) is 0 Å². The van der Waals surface area contributed by atoms with Crippen LogP contribution in [0.2, 0.25) is 0 Å². The minimum Gasteiger partial charge on any atom is -0.465 e. The fraction of sp³-hybridized carbons (Fsp3) is 0.615. The Bertz CT molecular complexity index is 340. The normalized spacial score (nSPS) is 13.3. The van der Waals surface area contributed by atoms with Gasteiger partial charge in [-0.1, -0.05) is 6.08 Å². The summed E-state index contributed by atoms with van der Waals surface area (Å²) in [4.78, 5) is 23.7. The molecule has 0 aromatic carbocycles. The molecule has 0 N–H and O–H groups in total. The highest BCUT2D eigenvalue weighted by Crippen LogP contribution is 2.33. The molecule has 1 unspecified atom stereocenters. The summed E-state index contributed by atoms with van der Waals surface area (Å²) in [5.41, 5.74) is -1.21. The first kappa shape index (κ1) is 16.2. The molecule has 100 valence electrons. The summed E-state index contributed by atoms with van der Waals surface area (Å²) in [5, 5.41) is 9.21. The highest BCUT2D eigenvalue weighted by atomic mass is 16.6.